The Labute approximate surface area is 285 Å². The van der Waals surface area contributed by atoms with Crippen LogP contribution in [-0.4, -0.2) is 0 Å². The van der Waals surface area contributed by atoms with Gasteiger partial charge in [0.2, 0.25) is 0 Å². The maximum Gasteiger partial charge on any atom is 0.160 e. The Morgan fingerprint density at radius 1 is 0.429 bits per heavy atom. The lowest BCUT2D eigenvalue weighted by Crippen LogP contribution is -2.17. The molecule has 0 aliphatic heterocycles. The lowest BCUT2D eigenvalue weighted by atomic mass is 9.82. The smallest absolute Gasteiger partial charge is 0.160 e. The van der Waals surface area contributed by atoms with E-state index in [0.717, 1.165) is 55.5 Å². The third kappa shape index (κ3) is 4.01. The first-order valence-corrected chi connectivity index (χ1v) is 17.0. The topological polar surface area (TPSA) is 16.4 Å². The first kappa shape index (κ1) is 27.9. The predicted octanol–water partition coefficient (Wildman–Crippen LogP) is 13.3. The molecular formula is C47H33NO. The molecule has 1 aliphatic carbocycles. The number of anilines is 3. The molecule has 1 aromatic heterocycles. The second-order valence-corrected chi connectivity index (χ2v) is 13.7. The average molecular weight is 628 g/mol. The quantitative estimate of drug-likeness (QED) is 0.181. The summed E-state index contributed by atoms with van der Waals surface area (Å²) in [5, 5.41) is 7.04. The standard InChI is InChI=1S/C47H33NO/c1-47(2)41-24-14-13-21-36(41)37-26-25-32(29-42(37)47)48(31-17-7-4-8-18-31)44-33(30-15-5-3-6-16-30)27-28-40-43-38-22-11-9-19-34(38)35-20-10-12-23-39(35)45(43)49-46(40)44/h3-29H,1-2H3. The van der Waals surface area contributed by atoms with Gasteiger partial charge >= 0.3 is 0 Å². The Morgan fingerprint density at radius 2 is 1.02 bits per heavy atom. The number of nitrogens with zero attached hydrogens (tertiary/aromatic N) is 1. The molecule has 1 heterocycles. The Bertz CT molecular complexity index is 2740. The third-order valence-electron chi connectivity index (χ3n) is 10.6. The number of furan rings is 1. The van der Waals surface area contributed by atoms with Gasteiger partial charge in [0, 0.05) is 38.5 Å². The minimum atomic E-state index is -0.129. The van der Waals surface area contributed by atoms with Crippen LogP contribution in [0.4, 0.5) is 17.1 Å². The zero-order valence-electron chi connectivity index (χ0n) is 27.4. The summed E-state index contributed by atoms with van der Waals surface area (Å²) >= 11 is 0. The Kier molecular flexibility index (Phi) is 5.95. The maximum absolute atomic E-state index is 7.23. The van der Waals surface area contributed by atoms with E-state index in [1.165, 1.54) is 38.4 Å². The van der Waals surface area contributed by atoms with E-state index in [9.17, 15) is 0 Å². The number of benzene rings is 8. The number of para-hydroxylation sites is 1. The molecule has 0 saturated carbocycles. The van der Waals surface area contributed by atoms with Crippen molar-refractivity contribution in [2.75, 3.05) is 4.90 Å². The highest BCUT2D eigenvalue weighted by molar-refractivity contribution is 6.31. The van der Waals surface area contributed by atoms with Crippen LogP contribution < -0.4 is 4.90 Å². The Morgan fingerprint density at radius 3 is 1.80 bits per heavy atom. The van der Waals surface area contributed by atoms with Crippen LogP contribution in [0.5, 0.6) is 0 Å². The highest BCUT2D eigenvalue weighted by Crippen LogP contribution is 2.53. The summed E-state index contributed by atoms with van der Waals surface area (Å²) in [6.45, 7) is 4.69. The number of rotatable bonds is 4. The van der Waals surface area contributed by atoms with Gasteiger partial charge in [0.15, 0.2) is 5.58 Å². The summed E-state index contributed by atoms with van der Waals surface area (Å²) in [5.41, 5.74) is 12.5. The SMILES string of the molecule is CC1(C)c2ccccc2-c2ccc(N(c3ccccc3)c3c(-c4ccccc4)ccc4c3oc3c5ccccc5c5ccccc5c43)cc21. The normalized spacial score (nSPS) is 13.3. The largest absolute Gasteiger partial charge is 0.453 e. The molecule has 0 unspecified atom stereocenters. The van der Waals surface area contributed by atoms with Gasteiger partial charge in [-0.05, 0) is 74.3 Å². The van der Waals surface area contributed by atoms with Gasteiger partial charge in [0.05, 0.1) is 5.69 Å². The van der Waals surface area contributed by atoms with E-state index in [4.69, 9.17) is 4.42 Å². The first-order valence-electron chi connectivity index (χ1n) is 17.0. The van der Waals surface area contributed by atoms with Crippen LogP contribution >= 0.6 is 0 Å². The monoisotopic (exact) mass is 627 g/mol. The summed E-state index contributed by atoms with van der Waals surface area (Å²) in [7, 11) is 0. The molecule has 0 spiro atoms. The van der Waals surface area contributed by atoms with Gasteiger partial charge in [-0.15, -0.1) is 0 Å². The summed E-state index contributed by atoms with van der Waals surface area (Å²) in [6.07, 6.45) is 0. The fraction of sp³-hybridized carbons (Fsp3) is 0.0638. The molecule has 0 fully saturated rings. The highest BCUT2D eigenvalue weighted by Gasteiger charge is 2.36. The van der Waals surface area contributed by atoms with E-state index < -0.39 is 0 Å². The van der Waals surface area contributed by atoms with Crippen LogP contribution in [0.2, 0.25) is 0 Å². The molecule has 9 aromatic rings. The van der Waals surface area contributed by atoms with Crippen LogP contribution in [0.3, 0.4) is 0 Å². The summed E-state index contributed by atoms with van der Waals surface area (Å²) in [6, 6.07) is 59.2. The van der Waals surface area contributed by atoms with Crippen molar-refractivity contribution in [2.24, 2.45) is 0 Å². The third-order valence-corrected chi connectivity index (χ3v) is 10.6. The molecule has 0 amide bonds. The van der Waals surface area contributed by atoms with Gasteiger partial charge in [0.1, 0.15) is 5.58 Å². The van der Waals surface area contributed by atoms with Crippen molar-refractivity contribution >= 4 is 60.5 Å². The van der Waals surface area contributed by atoms with Gasteiger partial charge in [-0.1, -0.05) is 147 Å². The van der Waals surface area contributed by atoms with Gasteiger partial charge < -0.3 is 9.32 Å². The van der Waals surface area contributed by atoms with E-state index in [1.54, 1.807) is 0 Å². The lowest BCUT2D eigenvalue weighted by Gasteiger charge is -2.29. The minimum Gasteiger partial charge on any atom is -0.453 e. The summed E-state index contributed by atoms with van der Waals surface area (Å²) < 4.78 is 7.23. The van der Waals surface area contributed by atoms with E-state index in [0.29, 0.717) is 0 Å². The van der Waals surface area contributed by atoms with Crippen molar-refractivity contribution < 1.29 is 4.42 Å². The molecule has 0 radical (unpaired) electrons. The van der Waals surface area contributed by atoms with Crippen LogP contribution in [0.25, 0.3) is 65.7 Å². The first-order chi connectivity index (χ1) is 24.1. The number of fused-ring (bicyclic) bond motifs is 11. The highest BCUT2D eigenvalue weighted by atomic mass is 16.3. The fourth-order valence-corrected chi connectivity index (χ4v) is 8.34. The molecule has 8 aromatic carbocycles. The van der Waals surface area contributed by atoms with Crippen LogP contribution in [0.1, 0.15) is 25.0 Å². The molecule has 10 rings (SSSR count). The predicted molar refractivity (Wildman–Crippen MR) is 206 cm³/mol. The molecule has 0 saturated heterocycles. The Balaban J connectivity index is 1.34. The van der Waals surface area contributed by atoms with E-state index in [2.05, 4.69) is 183 Å². The van der Waals surface area contributed by atoms with Crippen molar-refractivity contribution in [3.63, 3.8) is 0 Å². The molecule has 1 aliphatic rings. The zero-order chi connectivity index (χ0) is 32.7. The van der Waals surface area contributed by atoms with Crippen molar-refractivity contribution in [1.82, 2.24) is 0 Å². The van der Waals surface area contributed by atoms with Gasteiger partial charge in [-0.3, -0.25) is 0 Å². The van der Waals surface area contributed by atoms with E-state index in [1.807, 2.05) is 0 Å². The number of hydrogen-bond donors (Lipinski definition) is 0. The second kappa shape index (κ2) is 10.4. The average Bonchev–Trinajstić information content (AvgIpc) is 3.66. The van der Waals surface area contributed by atoms with E-state index in [-0.39, 0.29) is 5.41 Å². The molecule has 0 N–H and O–H groups in total. The molecule has 49 heavy (non-hydrogen) atoms. The van der Waals surface area contributed by atoms with Crippen molar-refractivity contribution in [3.8, 4) is 22.3 Å². The number of hydrogen-bond acceptors (Lipinski definition) is 2. The molecule has 0 atom stereocenters. The van der Waals surface area contributed by atoms with Gasteiger partial charge in [0.25, 0.3) is 0 Å². The Hall–Kier alpha value is -6.12. The van der Waals surface area contributed by atoms with Crippen molar-refractivity contribution in [2.45, 2.75) is 19.3 Å². The molecule has 232 valence electrons. The minimum absolute atomic E-state index is 0.129. The van der Waals surface area contributed by atoms with Crippen molar-refractivity contribution in [1.29, 1.82) is 0 Å². The molecule has 0 bridgehead atoms. The zero-order valence-corrected chi connectivity index (χ0v) is 27.4. The van der Waals surface area contributed by atoms with Crippen LogP contribution in [0.15, 0.2) is 168 Å². The van der Waals surface area contributed by atoms with Crippen LogP contribution in [-0.2, 0) is 5.41 Å². The van der Waals surface area contributed by atoms with Gasteiger partial charge in [-0.25, -0.2) is 0 Å². The molecular weight excluding hydrogens is 595 g/mol. The maximum atomic E-state index is 7.23. The second-order valence-electron chi connectivity index (χ2n) is 13.7. The van der Waals surface area contributed by atoms with Crippen molar-refractivity contribution in [3.05, 3.63) is 175 Å². The summed E-state index contributed by atoms with van der Waals surface area (Å²) in [5.74, 6) is 0. The molecule has 2 heteroatoms. The van der Waals surface area contributed by atoms with Gasteiger partial charge in [-0.2, -0.15) is 0 Å². The fourth-order valence-electron chi connectivity index (χ4n) is 8.34. The van der Waals surface area contributed by atoms with Crippen LogP contribution in [0, 0.1) is 0 Å². The molecule has 2 nitrogen and oxygen atoms in total. The lowest BCUT2D eigenvalue weighted by molar-refractivity contribution is 0.660. The van der Waals surface area contributed by atoms with E-state index >= 15 is 0 Å². The summed E-state index contributed by atoms with van der Waals surface area (Å²) in [4.78, 5) is 2.41.